The number of benzene rings is 2. The standard InChI is InChI=1S/C21H18BrF3N2O2S/c1-20(24,25)17-15-10-30-19(26-18(28)12-5-3-2-4-6-12)27-21(15,11-29-17)14-9-13(22)7-8-16(14)23/h2-9,15,17H,10-11H2,1H3,(H,26,27,28)/t15-,17?,21-/m1/s1. The fraction of sp³-hybridized carbons (Fsp3) is 0.333. The molecule has 1 amide bonds. The van der Waals surface area contributed by atoms with E-state index in [9.17, 15) is 18.0 Å². The van der Waals surface area contributed by atoms with E-state index >= 15 is 0 Å². The molecule has 0 saturated carbocycles. The average Bonchev–Trinajstić information content (AvgIpc) is 3.10. The minimum absolute atomic E-state index is 0.167. The van der Waals surface area contributed by atoms with Gasteiger partial charge in [0.05, 0.1) is 6.61 Å². The van der Waals surface area contributed by atoms with Crippen molar-refractivity contribution in [2.24, 2.45) is 10.9 Å². The summed E-state index contributed by atoms with van der Waals surface area (Å²) in [5, 5.41) is 2.98. The van der Waals surface area contributed by atoms with Crippen LogP contribution >= 0.6 is 27.7 Å². The normalized spacial score (nSPS) is 26.1. The number of amides is 1. The van der Waals surface area contributed by atoms with Gasteiger partial charge in [-0.2, -0.15) is 0 Å². The molecule has 0 radical (unpaired) electrons. The van der Waals surface area contributed by atoms with E-state index in [1.54, 1.807) is 30.3 Å². The van der Waals surface area contributed by atoms with Gasteiger partial charge < -0.3 is 10.1 Å². The molecular weight excluding hydrogens is 481 g/mol. The summed E-state index contributed by atoms with van der Waals surface area (Å²) in [4.78, 5) is 17.2. The number of fused-ring (bicyclic) bond motifs is 1. The summed E-state index contributed by atoms with van der Waals surface area (Å²) in [5.41, 5.74) is -0.755. The molecule has 2 aromatic rings. The molecule has 1 N–H and O–H groups in total. The number of halogens is 4. The Balaban J connectivity index is 1.75. The molecule has 0 aromatic heterocycles. The zero-order chi connectivity index (χ0) is 21.5. The molecule has 2 heterocycles. The molecule has 0 spiro atoms. The van der Waals surface area contributed by atoms with Crippen LogP contribution in [0, 0.1) is 11.7 Å². The molecule has 9 heteroatoms. The fourth-order valence-electron chi connectivity index (χ4n) is 3.90. The number of ether oxygens (including phenoxy) is 1. The van der Waals surface area contributed by atoms with Gasteiger partial charge in [0.2, 0.25) is 0 Å². The maximum atomic E-state index is 14.8. The first-order valence-electron chi connectivity index (χ1n) is 9.25. The van der Waals surface area contributed by atoms with Crippen molar-refractivity contribution in [3.8, 4) is 0 Å². The van der Waals surface area contributed by atoms with E-state index in [1.165, 1.54) is 18.2 Å². The number of nitrogens with one attached hydrogen (secondary N) is 1. The van der Waals surface area contributed by atoms with E-state index in [4.69, 9.17) is 4.74 Å². The van der Waals surface area contributed by atoms with Gasteiger partial charge in [0.25, 0.3) is 11.8 Å². The highest BCUT2D eigenvalue weighted by molar-refractivity contribution is 9.10. The Labute approximate surface area is 184 Å². The number of alkyl halides is 2. The second kappa shape index (κ2) is 8.01. The van der Waals surface area contributed by atoms with Crippen LogP contribution in [-0.2, 0) is 10.3 Å². The Morgan fingerprint density at radius 2 is 2.03 bits per heavy atom. The molecule has 2 aliphatic heterocycles. The lowest BCUT2D eigenvalue weighted by molar-refractivity contribution is -0.113. The van der Waals surface area contributed by atoms with Gasteiger partial charge in [-0.1, -0.05) is 45.9 Å². The monoisotopic (exact) mass is 498 g/mol. The zero-order valence-corrected chi connectivity index (χ0v) is 18.3. The third-order valence-electron chi connectivity index (χ3n) is 5.31. The number of nitrogens with zero attached hydrogens (tertiary/aromatic N) is 1. The smallest absolute Gasteiger partial charge is 0.271 e. The van der Waals surface area contributed by atoms with Crippen LogP contribution in [0.3, 0.4) is 0 Å². The number of carbonyl (C=O) groups is 1. The molecule has 1 saturated heterocycles. The van der Waals surface area contributed by atoms with E-state index < -0.39 is 29.3 Å². The zero-order valence-electron chi connectivity index (χ0n) is 15.9. The second-order valence-electron chi connectivity index (χ2n) is 7.39. The highest BCUT2D eigenvalue weighted by Crippen LogP contribution is 2.51. The lowest BCUT2D eigenvalue weighted by Gasteiger charge is -2.37. The van der Waals surface area contributed by atoms with Gasteiger partial charge in [0.15, 0.2) is 5.17 Å². The highest BCUT2D eigenvalue weighted by atomic mass is 79.9. The summed E-state index contributed by atoms with van der Waals surface area (Å²) in [6.45, 7) is 0.594. The third kappa shape index (κ3) is 3.90. The Kier molecular flexibility index (Phi) is 5.71. The largest absolute Gasteiger partial charge is 0.369 e. The first-order chi connectivity index (χ1) is 14.2. The van der Waals surface area contributed by atoms with Crippen molar-refractivity contribution in [1.29, 1.82) is 0 Å². The van der Waals surface area contributed by atoms with E-state index in [2.05, 4.69) is 26.2 Å². The Bertz CT molecular complexity index is 999. The molecular formula is C21H18BrF3N2O2S. The van der Waals surface area contributed by atoms with Crippen LogP contribution < -0.4 is 5.32 Å². The van der Waals surface area contributed by atoms with Gasteiger partial charge in [-0.25, -0.2) is 18.2 Å². The van der Waals surface area contributed by atoms with Crippen LogP contribution in [0.4, 0.5) is 13.2 Å². The number of rotatable bonds is 3. The van der Waals surface area contributed by atoms with Crippen LogP contribution in [0.1, 0.15) is 22.8 Å². The quantitative estimate of drug-likeness (QED) is 0.648. The average molecular weight is 499 g/mol. The first kappa shape index (κ1) is 21.4. The van der Waals surface area contributed by atoms with Crippen LogP contribution in [0.5, 0.6) is 0 Å². The summed E-state index contributed by atoms with van der Waals surface area (Å²) in [5.74, 6) is -4.61. The number of hydrogen-bond donors (Lipinski definition) is 1. The van der Waals surface area contributed by atoms with Crippen molar-refractivity contribution in [2.75, 3.05) is 12.4 Å². The predicted molar refractivity (Wildman–Crippen MR) is 113 cm³/mol. The van der Waals surface area contributed by atoms with Crippen molar-refractivity contribution < 1.29 is 22.7 Å². The lowest BCUT2D eigenvalue weighted by Crippen LogP contribution is -2.47. The molecule has 2 aliphatic rings. The molecule has 0 aliphatic carbocycles. The predicted octanol–water partition coefficient (Wildman–Crippen LogP) is 4.99. The molecule has 0 bridgehead atoms. The van der Waals surface area contributed by atoms with Gasteiger partial charge in [-0.3, -0.25) is 4.79 Å². The fourth-order valence-corrected chi connectivity index (χ4v) is 5.44. The highest BCUT2D eigenvalue weighted by Gasteiger charge is 2.60. The minimum atomic E-state index is -3.12. The molecule has 1 unspecified atom stereocenters. The molecule has 4 rings (SSSR count). The number of aliphatic imine (C=N–C) groups is 1. The third-order valence-corrected chi connectivity index (χ3v) is 6.80. The van der Waals surface area contributed by atoms with Gasteiger partial charge in [-0.05, 0) is 30.3 Å². The molecule has 1 fully saturated rings. The minimum Gasteiger partial charge on any atom is -0.369 e. The molecule has 158 valence electrons. The van der Waals surface area contributed by atoms with E-state index in [-0.39, 0.29) is 29.0 Å². The summed E-state index contributed by atoms with van der Waals surface area (Å²) >= 11 is 4.47. The van der Waals surface area contributed by atoms with Crippen molar-refractivity contribution in [3.63, 3.8) is 0 Å². The number of thioether (sulfide) groups is 1. The Hall–Kier alpha value is -1.84. The SMILES string of the molecule is CC(F)(F)C1OC[C@]2(c3cc(Br)ccc3F)N=C(NC(=O)c3ccccc3)SC[C@H]12. The second-order valence-corrected chi connectivity index (χ2v) is 9.32. The van der Waals surface area contributed by atoms with E-state index in [0.29, 0.717) is 10.0 Å². The van der Waals surface area contributed by atoms with Crippen LogP contribution in [0.15, 0.2) is 58.0 Å². The molecule has 2 aromatic carbocycles. The number of amidine groups is 1. The first-order valence-corrected chi connectivity index (χ1v) is 11.0. The van der Waals surface area contributed by atoms with Gasteiger partial charge in [-0.15, -0.1) is 0 Å². The van der Waals surface area contributed by atoms with E-state index in [0.717, 1.165) is 18.7 Å². The van der Waals surface area contributed by atoms with Gasteiger partial charge >= 0.3 is 0 Å². The van der Waals surface area contributed by atoms with E-state index in [1.807, 2.05) is 0 Å². The molecule has 3 atom stereocenters. The molecule has 30 heavy (non-hydrogen) atoms. The Morgan fingerprint density at radius 1 is 1.30 bits per heavy atom. The Morgan fingerprint density at radius 3 is 2.73 bits per heavy atom. The van der Waals surface area contributed by atoms with Crippen molar-refractivity contribution in [3.05, 3.63) is 69.9 Å². The molecule has 4 nitrogen and oxygen atoms in total. The van der Waals surface area contributed by atoms with Crippen molar-refractivity contribution >= 4 is 38.8 Å². The van der Waals surface area contributed by atoms with Crippen LogP contribution in [-0.4, -0.2) is 35.5 Å². The van der Waals surface area contributed by atoms with Gasteiger partial charge in [0.1, 0.15) is 17.5 Å². The van der Waals surface area contributed by atoms with Gasteiger partial charge in [0, 0.05) is 34.2 Å². The maximum absolute atomic E-state index is 14.8. The number of hydrogen-bond acceptors (Lipinski definition) is 4. The van der Waals surface area contributed by atoms with Crippen LogP contribution in [0.25, 0.3) is 0 Å². The lowest BCUT2D eigenvalue weighted by atomic mass is 9.77. The summed E-state index contributed by atoms with van der Waals surface area (Å²) in [6, 6.07) is 12.9. The maximum Gasteiger partial charge on any atom is 0.271 e. The summed E-state index contributed by atoms with van der Waals surface area (Å²) in [6.07, 6.45) is -1.40. The topological polar surface area (TPSA) is 50.7 Å². The van der Waals surface area contributed by atoms with Crippen LogP contribution in [0.2, 0.25) is 0 Å². The summed E-state index contributed by atoms with van der Waals surface area (Å²) < 4.78 is 49.4. The summed E-state index contributed by atoms with van der Waals surface area (Å²) in [7, 11) is 0. The van der Waals surface area contributed by atoms with Crippen molar-refractivity contribution in [2.45, 2.75) is 24.5 Å². The number of carbonyl (C=O) groups excluding carboxylic acids is 1. The van der Waals surface area contributed by atoms with Crippen molar-refractivity contribution in [1.82, 2.24) is 5.32 Å².